The number of nitrogens with one attached hydrogen (secondary N) is 1. The molecule has 1 saturated carbocycles. The highest BCUT2D eigenvalue weighted by molar-refractivity contribution is 7.53. The van der Waals surface area contributed by atoms with Crippen molar-refractivity contribution in [2.45, 2.75) is 38.1 Å². The van der Waals surface area contributed by atoms with Crippen molar-refractivity contribution in [1.82, 2.24) is 9.98 Å². The summed E-state index contributed by atoms with van der Waals surface area (Å²) in [6, 6.07) is -0.0272. The van der Waals surface area contributed by atoms with Crippen molar-refractivity contribution in [1.29, 1.82) is 0 Å². The summed E-state index contributed by atoms with van der Waals surface area (Å²) < 4.78 is 12.3. The molecule has 78 valence electrons. The molecule has 1 fully saturated rings. The highest BCUT2D eigenvalue weighted by atomic mass is 31.2. The highest BCUT2D eigenvalue weighted by Gasteiger charge is 2.31. The van der Waals surface area contributed by atoms with Gasteiger partial charge in [0, 0.05) is 6.04 Å². The van der Waals surface area contributed by atoms with E-state index in [4.69, 9.17) is 11.7 Å². The normalized spacial score (nSPS) is 24.6. The molecule has 0 aromatic heterocycles. The monoisotopic (exact) mass is 208 g/mol. The molecule has 0 aliphatic heterocycles. The van der Waals surface area contributed by atoms with Crippen LogP contribution in [0.5, 0.6) is 0 Å². The van der Waals surface area contributed by atoms with Gasteiger partial charge in [-0.25, -0.2) is 0 Å². The minimum atomic E-state index is -3.69. The van der Waals surface area contributed by atoms with Crippen molar-refractivity contribution in [2.24, 2.45) is 11.7 Å². The molecule has 0 saturated heterocycles. The van der Waals surface area contributed by atoms with Crippen LogP contribution in [-0.2, 0) is 4.57 Å². The van der Waals surface area contributed by atoms with Crippen LogP contribution in [0.3, 0.4) is 0 Å². The lowest BCUT2D eigenvalue weighted by atomic mass is 9.96. The van der Waals surface area contributed by atoms with E-state index in [2.05, 4.69) is 0 Å². The van der Waals surface area contributed by atoms with Crippen LogP contribution in [-0.4, -0.2) is 15.7 Å². The molecule has 6 nitrogen and oxygen atoms in total. The maximum atomic E-state index is 11.3. The SMILES string of the molecule is NNP(=O)(O)N(N)C1CCCCC1. The summed E-state index contributed by atoms with van der Waals surface area (Å²) in [5.74, 6) is 10.4. The summed E-state index contributed by atoms with van der Waals surface area (Å²) in [5.41, 5.74) is 0. The van der Waals surface area contributed by atoms with Crippen LogP contribution in [0.1, 0.15) is 32.1 Å². The van der Waals surface area contributed by atoms with Crippen LogP contribution in [0.25, 0.3) is 0 Å². The molecule has 0 amide bonds. The standard InChI is InChI=1S/C6H17N4O2P/c7-9-13(11,12)10(8)6-4-2-1-3-5-6/h6H,1-5,7-8H2,(H2,9,11,12). The molecule has 0 aromatic rings. The van der Waals surface area contributed by atoms with E-state index >= 15 is 0 Å². The molecular weight excluding hydrogens is 191 g/mol. The molecular formula is C6H17N4O2P. The fourth-order valence-corrected chi connectivity index (χ4v) is 2.44. The predicted molar refractivity (Wildman–Crippen MR) is 50.0 cm³/mol. The Morgan fingerprint density at radius 3 is 2.38 bits per heavy atom. The van der Waals surface area contributed by atoms with Gasteiger partial charge in [0.05, 0.1) is 0 Å². The van der Waals surface area contributed by atoms with Gasteiger partial charge in [-0.05, 0) is 12.8 Å². The number of nitrogens with zero attached hydrogens (tertiary/aromatic N) is 1. The zero-order chi connectivity index (χ0) is 9.90. The van der Waals surface area contributed by atoms with Crippen LogP contribution in [0, 0.1) is 0 Å². The van der Waals surface area contributed by atoms with Crippen molar-refractivity contribution >= 4 is 7.67 Å². The number of hydrogen-bond acceptors (Lipinski definition) is 3. The summed E-state index contributed by atoms with van der Waals surface area (Å²) in [7, 11) is -3.69. The summed E-state index contributed by atoms with van der Waals surface area (Å²) in [6.07, 6.45) is 5.02. The van der Waals surface area contributed by atoms with Gasteiger partial charge in [-0.3, -0.25) is 16.3 Å². The summed E-state index contributed by atoms with van der Waals surface area (Å²) >= 11 is 0. The van der Waals surface area contributed by atoms with E-state index < -0.39 is 7.67 Å². The lowest BCUT2D eigenvalue weighted by molar-refractivity contribution is 0.227. The van der Waals surface area contributed by atoms with Gasteiger partial charge in [0.2, 0.25) is 0 Å². The van der Waals surface area contributed by atoms with Crippen molar-refractivity contribution in [3.05, 3.63) is 0 Å². The van der Waals surface area contributed by atoms with Gasteiger partial charge in [0.1, 0.15) is 0 Å². The Morgan fingerprint density at radius 1 is 1.38 bits per heavy atom. The van der Waals surface area contributed by atoms with Crippen molar-refractivity contribution < 1.29 is 9.46 Å². The minimum absolute atomic E-state index is 0.0272. The lowest BCUT2D eigenvalue weighted by Gasteiger charge is -2.32. The van der Waals surface area contributed by atoms with Crippen LogP contribution >= 0.6 is 7.67 Å². The van der Waals surface area contributed by atoms with Gasteiger partial charge in [-0.1, -0.05) is 19.3 Å². The van der Waals surface area contributed by atoms with Gasteiger partial charge < -0.3 is 4.89 Å². The largest absolute Gasteiger partial charge is 0.367 e. The smallest absolute Gasteiger partial charge is 0.320 e. The summed E-state index contributed by atoms with van der Waals surface area (Å²) in [6.45, 7) is 0. The first kappa shape index (κ1) is 11.1. The summed E-state index contributed by atoms with van der Waals surface area (Å²) in [4.78, 5) is 9.26. The van der Waals surface area contributed by atoms with E-state index in [1.165, 1.54) is 6.42 Å². The molecule has 0 radical (unpaired) electrons. The van der Waals surface area contributed by atoms with Gasteiger partial charge in [0.25, 0.3) is 0 Å². The van der Waals surface area contributed by atoms with Crippen LogP contribution in [0.15, 0.2) is 0 Å². The van der Waals surface area contributed by atoms with Crippen LogP contribution < -0.4 is 16.9 Å². The third-order valence-electron chi connectivity index (χ3n) is 2.43. The zero-order valence-electron chi connectivity index (χ0n) is 7.52. The molecule has 7 heteroatoms. The van der Waals surface area contributed by atoms with E-state index in [9.17, 15) is 9.46 Å². The fourth-order valence-electron chi connectivity index (χ4n) is 1.63. The number of hydrogen-bond donors (Lipinski definition) is 4. The average molecular weight is 208 g/mol. The van der Waals surface area contributed by atoms with E-state index in [-0.39, 0.29) is 6.04 Å². The quantitative estimate of drug-likeness (QED) is 0.297. The van der Waals surface area contributed by atoms with Crippen LogP contribution in [0.2, 0.25) is 0 Å². The molecule has 0 spiro atoms. The first-order valence-corrected chi connectivity index (χ1v) is 6.04. The van der Waals surface area contributed by atoms with E-state index in [0.29, 0.717) is 0 Å². The van der Waals surface area contributed by atoms with Gasteiger partial charge in [0.15, 0.2) is 0 Å². The topological polar surface area (TPSA) is 105 Å². The average Bonchev–Trinajstić information content (AvgIpc) is 2.18. The molecule has 0 bridgehead atoms. The molecule has 1 atom stereocenters. The number of nitrogens with two attached hydrogens (primary N) is 2. The molecule has 6 N–H and O–H groups in total. The Bertz CT molecular complexity index is 207. The molecule has 1 unspecified atom stereocenters. The molecule has 1 rings (SSSR count). The first-order valence-electron chi connectivity index (χ1n) is 4.43. The maximum absolute atomic E-state index is 11.3. The maximum Gasteiger partial charge on any atom is 0.367 e. The Kier molecular flexibility index (Phi) is 3.85. The van der Waals surface area contributed by atoms with Crippen molar-refractivity contribution in [2.75, 3.05) is 0 Å². The zero-order valence-corrected chi connectivity index (χ0v) is 8.41. The lowest BCUT2D eigenvalue weighted by Crippen LogP contribution is -2.44. The molecule has 1 aliphatic rings. The second-order valence-corrected chi connectivity index (χ2v) is 5.15. The number of hydrazine groups is 2. The van der Waals surface area contributed by atoms with E-state index in [1.807, 2.05) is 5.20 Å². The van der Waals surface area contributed by atoms with Gasteiger partial charge in [-0.2, -0.15) is 9.98 Å². The minimum Gasteiger partial charge on any atom is -0.320 e. The third kappa shape index (κ3) is 2.74. The van der Waals surface area contributed by atoms with Crippen LogP contribution in [0.4, 0.5) is 0 Å². The second-order valence-electron chi connectivity index (χ2n) is 3.34. The van der Waals surface area contributed by atoms with Crippen molar-refractivity contribution in [3.63, 3.8) is 0 Å². The van der Waals surface area contributed by atoms with Gasteiger partial charge in [-0.15, -0.1) is 0 Å². The number of rotatable bonds is 3. The Hall–Kier alpha value is 0.0300. The van der Waals surface area contributed by atoms with Gasteiger partial charge >= 0.3 is 7.67 Å². The Morgan fingerprint density at radius 2 is 1.92 bits per heavy atom. The van der Waals surface area contributed by atoms with Crippen molar-refractivity contribution in [3.8, 4) is 0 Å². The molecule has 13 heavy (non-hydrogen) atoms. The molecule has 0 heterocycles. The molecule has 0 aromatic carbocycles. The first-order chi connectivity index (χ1) is 6.08. The highest BCUT2D eigenvalue weighted by Crippen LogP contribution is 2.40. The Balaban J connectivity index is 2.54. The second kappa shape index (κ2) is 4.50. The Labute approximate surface area is 77.8 Å². The third-order valence-corrected chi connectivity index (χ3v) is 3.72. The van der Waals surface area contributed by atoms with E-state index in [0.717, 1.165) is 30.5 Å². The van der Waals surface area contributed by atoms with E-state index in [1.54, 1.807) is 0 Å². The fraction of sp³-hybridized carbons (Fsp3) is 1.00. The summed E-state index contributed by atoms with van der Waals surface area (Å²) in [5, 5.41) is 1.85. The molecule has 1 aliphatic carbocycles. The predicted octanol–water partition coefficient (Wildman–Crippen LogP) is 0.0585.